The standard InChI is InChI=1S/C49H60F2N10O5/c1-31(63)59-23-16-43-40(29-59)47(60-18-5-8-34-24-38(35-26-52-56(2)28-35)39(46(50)51)25-44(34)60)55-61(43)36-14-21-58(22-15-36)27-32-12-19-57(20-13-32)17-4-7-33-6-3-9-37(41(33)30-62)48(65)53-42-10-11-45(64)54-49(42)66/h3,6,9,24-26,28,30,32,36,42,46H,4-5,7-8,10-23,27,29H2,1-2H3,(H,53,65)(H,54,64,66). The average Bonchev–Trinajstić information content (AvgIpc) is 3.93. The number of aryl methyl sites for hydroxylation is 3. The Labute approximate surface area is 383 Å². The Hall–Kier alpha value is -5.81. The maximum absolute atomic E-state index is 14.7. The third-order valence-electron chi connectivity index (χ3n) is 14.5. The van der Waals surface area contributed by atoms with Crippen molar-refractivity contribution >= 4 is 41.4 Å². The first kappa shape index (κ1) is 45.4. The minimum absolute atomic E-state index is 0.0168. The highest BCUT2D eigenvalue weighted by Crippen LogP contribution is 2.44. The van der Waals surface area contributed by atoms with Gasteiger partial charge in [0, 0.05) is 99.4 Å². The van der Waals surface area contributed by atoms with E-state index in [2.05, 4.69) is 35.1 Å². The number of carbonyl (C=O) groups excluding carboxylic acids is 5. The Kier molecular flexibility index (Phi) is 13.4. The normalized spacial score (nSPS) is 20.0. The molecule has 4 amide bonds. The van der Waals surface area contributed by atoms with Crippen molar-refractivity contribution in [1.29, 1.82) is 0 Å². The molecule has 15 nitrogen and oxygen atoms in total. The van der Waals surface area contributed by atoms with Crippen molar-refractivity contribution < 1.29 is 32.8 Å². The summed E-state index contributed by atoms with van der Waals surface area (Å²) in [6.07, 6.45) is 9.85. The highest BCUT2D eigenvalue weighted by Gasteiger charge is 2.36. The zero-order valence-corrected chi connectivity index (χ0v) is 37.9. The van der Waals surface area contributed by atoms with Gasteiger partial charge >= 0.3 is 0 Å². The van der Waals surface area contributed by atoms with Crippen molar-refractivity contribution in [2.24, 2.45) is 13.0 Å². The number of benzene rings is 2. The number of fused-ring (bicyclic) bond motifs is 2. The van der Waals surface area contributed by atoms with Crippen LogP contribution < -0.4 is 15.5 Å². The summed E-state index contributed by atoms with van der Waals surface area (Å²) in [5.41, 5.74) is 6.52. The number of carbonyl (C=O) groups is 5. The average molecular weight is 907 g/mol. The van der Waals surface area contributed by atoms with E-state index in [0.29, 0.717) is 55.1 Å². The third-order valence-corrected chi connectivity index (χ3v) is 14.5. The van der Waals surface area contributed by atoms with Gasteiger partial charge in [-0.2, -0.15) is 10.2 Å². The number of piperidine rings is 3. The molecule has 9 rings (SSSR count). The smallest absolute Gasteiger partial charge is 0.264 e. The van der Waals surface area contributed by atoms with Crippen LogP contribution >= 0.6 is 0 Å². The lowest BCUT2D eigenvalue weighted by Gasteiger charge is -2.38. The lowest BCUT2D eigenvalue weighted by atomic mass is 9.92. The summed E-state index contributed by atoms with van der Waals surface area (Å²) >= 11 is 0. The molecule has 0 saturated carbocycles. The topological polar surface area (TPSA) is 158 Å². The van der Waals surface area contributed by atoms with Crippen LogP contribution in [0.15, 0.2) is 42.7 Å². The summed E-state index contributed by atoms with van der Waals surface area (Å²) in [7, 11) is 1.79. The fraction of sp³-hybridized carbons (Fsp3) is 0.531. The number of imide groups is 1. The number of nitrogens with zero attached hydrogens (tertiary/aromatic N) is 8. The van der Waals surface area contributed by atoms with Gasteiger partial charge in [-0.3, -0.25) is 38.7 Å². The summed E-state index contributed by atoms with van der Waals surface area (Å²) in [6, 6.07) is 8.21. The highest BCUT2D eigenvalue weighted by atomic mass is 19.3. The van der Waals surface area contributed by atoms with Crippen LogP contribution in [0.25, 0.3) is 11.1 Å². The first-order chi connectivity index (χ1) is 31.9. The predicted octanol–water partition coefficient (Wildman–Crippen LogP) is 5.54. The van der Waals surface area contributed by atoms with Gasteiger partial charge in [0.1, 0.15) is 6.04 Å². The van der Waals surface area contributed by atoms with Crippen molar-refractivity contribution in [3.8, 4) is 11.1 Å². The van der Waals surface area contributed by atoms with Crippen LogP contribution in [0.5, 0.6) is 0 Å². The van der Waals surface area contributed by atoms with Crippen LogP contribution in [-0.4, -0.2) is 123 Å². The largest absolute Gasteiger partial charge is 0.340 e. The van der Waals surface area contributed by atoms with Crippen molar-refractivity contribution in [3.05, 3.63) is 81.8 Å². The monoisotopic (exact) mass is 906 g/mol. The van der Waals surface area contributed by atoms with Gasteiger partial charge in [0.25, 0.3) is 12.3 Å². The van der Waals surface area contributed by atoms with E-state index < -0.39 is 24.3 Å². The zero-order chi connectivity index (χ0) is 46.1. The Morgan fingerprint density at radius 1 is 0.970 bits per heavy atom. The number of alkyl halides is 2. The maximum Gasteiger partial charge on any atom is 0.264 e. The number of halogens is 2. The lowest BCUT2D eigenvalue weighted by molar-refractivity contribution is -0.134. The van der Waals surface area contributed by atoms with Crippen molar-refractivity contribution in [3.63, 3.8) is 0 Å². The number of amides is 4. The van der Waals surface area contributed by atoms with E-state index in [1.54, 1.807) is 49.2 Å². The van der Waals surface area contributed by atoms with Gasteiger partial charge in [-0.15, -0.1) is 0 Å². The van der Waals surface area contributed by atoms with Crippen LogP contribution in [-0.2, 0) is 47.2 Å². The zero-order valence-electron chi connectivity index (χ0n) is 37.9. The summed E-state index contributed by atoms with van der Waals surface area (Å²) in [5.74, 6) is 0.0234. The van der Waals surface area contributed by atoms with E-state index >= 15 is 0 Å². The second-order valence-corrected chi connectivity index (χ2v) is 18.8. The van der Waals surface area contributed by atoms with E-state index in [0.717, 1.165) is 124 Å². The van der Waals surface area contributed by atoms with Crippen molar-refractivity contribution in [2.75, 3.05) is 57.3 Å². The summed E-state index contributed by atoms with van der Waals surface area (Å²) in [6.45, 7) is 9.28. The summed E-state index contributed by atoms with van der Waals surface area (Å²) in [5, 5.41) is 14.5. The third kappa shape index (κ3) is 9.55. The Balaban J connectivity index is 0.799. The number of likely N-dealkylation sites (tertiary alicyclic amines) is 2. The Morgan fingerprint density at radius 2 is 1.76 bits per heavy atom. The fourth-order valence-electron chi connectivity index (χ4n) is 10.9. The van der Waals surface area contributed by atoms with Crippen LogP contribution in [0.4, 0.5) is 20.3 Å². The first-order valence-electron chi connectivity index (χ1n) is 23.7. The predicted molar refractivity (Wildman–Crippen MR) is 244 cm³/mol. The van der Waals surface area contributed by atoms with E-state index in [1.807, 2.05) is 17.0 Å². The molecule has 0 spiro atoms. The SMILES string of the molecule is CC(=O)N1CCc2c(c(N3CCCc4cc(-c5cnn(C)c5)c(C(F)F)cc43)nn2C2CCN(CC3CCN(CCCc4cccc(C(=O)NC5CCC(=O)NC5=O)c4C=O)CC3)CC2)C1. The second-order valence-electron chi connectivity index (χ2n) is 18.8. The number of anilines is 2. The van der Waals surface area contributed by atoms with Gasteiger partial charge in [-0.05, 0) is 118 Å². The molecule has 2 aromatic heterocycles. The first-order valence-corrected chi connectivity index (χ1v) is 23.7. The van der Waals surface area contributed by atoms with Gasteiger partial charge in [-0.1, -0.05) is 12.1 Å². The molecule has 2 N–H and O–H groups in total. The van der Waals surface area contributed by atoms with Crippen molar-refractivity contribution in [1.82, 2.24) is 44.9 Å². The van der Waals surface area contributed by atoms with E-state index in [9.17, 15) is 32.8 Å². The van der Waals surface area contributed by atoms with Crippen LogP contribution in [0.2, 0.25) is 0 Å². The number of hydrogen-bond donors (Lipinski definition) is 2. The second kappa shape index (κ2) is 19.6. The van der Waals surface area contributed by atoms with Gasteiger partial charge < -0.3 is 24.9 Å². The summed E-state index contributed by atoms with van der Waals surface area (Å²) < 4.78 is 33.3. The molecule has 66 heavy (non-hydrogen) atoms. The minimum Gasteiger partial charge on any atom is -0.340 e. The van der Waals surface area contributed by atoms with Crippen LogP contribution in [0.3, 0.4) is 0 Å². The Morgan fingerprint density at radius 3 is 2.47 bits per heavy atom. The molecule has 0 radical (unpaired) electrons. The molecule has 4 aromatic rings. The van der Waals surface area contributed by atoms with Crippen LogP contribution in [0.1, 0.15) is 119 Å². The molecule has 0 aliphatic carbocycles. The molecule has 5 aliphatic heterocycles. The highest BCUT2D eigenvalue weighted by molar-refractivity contribution is 6.06. The molecule has 1 atom stereocenters. The molecule has 1 unspecified atom stereocenters. The molecule has 2 aromatic carbocycles. The molecule has 3 saturated heterocycles. The quantitative estimate of drug-likeness (QED) is 0.129. The number of hydrogen-bond acceptors (Lipinski definition) is 10. The van der Waals surface area contributed by atoms with Gasteiger partial charge in [0.15, 0.2) is 12.1 Å². The fourth-order valence-corrected chi connectivity index (χ4v) is 10.9. The number of aromatic nitrogens is 4. The molecule has 7 heterocycles. The van der Waals surface area contributed by atoms with Gasteiger partial charge in [0.05, 0.1) is 24.3 Å². The van der Waals surface area contributed by atoms with Gasteiger partial charge in [-0.25, -0.2) is 8.78 Å². The minimum atomic E-state index is -2.66. The van der Waals surface area contributed by atoms with Crippen molar-refractivity contribution in [2.45, 2.75) is 103 Å². The van der Waals surface area contributed by atoms with E-state index in [-0.39, 0.29) is 41.8 Å². The van der Waals surface area contributed by atoms with Crippen LogP contribution in [0, 0.1) is 5.92 Å². The maximum atomic E-state index is 14.7. The number of rotatable bonds is 13. The lowest BCUT2D eigenvalue weighted by Crippen LogP contribution is -2.52. The molecule has 350 valence electrons. The molecular weight excluding hydrogens is 847 g/mol. The molecule has 5 aliphatic rings. The molecule has 0 bridgehead atoms. The molecular formula is C49H60F2N10O5. The number of nitrogens with one attached hydrogen (secondary N) is 2. The molecule has 17 heteroatoms. The van der Waals surface area contributed by atoms with Gasteiger partial charge in [0.2, 0.25) is 17.7 Å². The number of aldehydes is 1. The van der Waals surface area contributed by atoms with E-state index in [1.165, 1.54) is 0 Å². The Bertz CT molecular complexity index is 2490. The molecule has 3 fully saturated rings. The summed E-state index contributed by atoms with van der Waals surface area (Å²) in [4.78, 5) is 70.8. The van der Waals surface area contributed by atoms with E-state index in [4.69, 9.17) is 5.10 Å².